The average Bonchev–Trinajstić information content (AvgIpc) is 3.21. The van der Waals surface area contributed by atoms with Crippen LogP contribution in [0.4, 0.5) is 5.69 Å². The molecule has 1 aromatic heterocycles. The molecule has 4 rings (SSSR count). The Balaban J connectivity index is 1.43. The highest BCUT2D eigenvalue weighted by molar-refractivity contribution is 7.91. The minimum Gasteiger partial charge on any atom is -0.494 e. The molecule has 31 heavy (non-hydrogen) atoms. The molecule has 0 atom stereocenters. The topological polar surface area (TPSA) is 76.6 Å². The van der Waals surface area contributed by atoms with Gasteiger partial charge in [-0.05, 0) is 55.7 Å². The zero-order chi connectivity index (χ0) is 21.8. The molecular weight excluding hydrogens is 432 g/mol. The second kappa shape index (κ2) is 9.20. The number of nitrogens with zero attached hydrogens (tertiary/aromatic N) is 2. The highest BCUT2D eigenvalue weighted by Crippen LogP contribution is 2.28. The average molecular weight is 457 g/mol. The maximum atomic E-state index is 12.8. The number of fused-ring (bicyclic) bond motifs is 1. The van der Waals surface area contributed by atoms with Crippen LogP contribution in [0, 0.1) is 0 Å². The second-order valence-corrected chi connectivity index (χ2v) is 10.3. The zero-order valence-electron chi connectivity index (χ0n) is 17.3. The molecule has 0 N–H and O–H groups in total. The van der Waals surface area contributed by atoms with Crippen molar-refractivity contribution < 1.29 is 17.9 Å². The van der Waals surface area contributed by atoms with Crippen molar-refractivity contribution in [3.63, 3.8) is 0 Å². The number of anilines is 1. The Morgan fingerprint density at radius 3 is 2.71 bits per heavy atom. The fourth-order valence-corrected chi connectivity index (χ4v) is 5.87. The van der Waals surface area contributed by atoms with Crippen LogP contribution >= 0.6 is 11.3 Å². The number of aromatic nitrogens is 1. The smallest absolute Gasteiger partial charge is 0.242 e. The third-order valence-corrected chi connectivity index (χ3v) is 7.45. The Hall–Kier alpha value is -2.71. The number of carbonyl (C=O) groups is 1. The van der Waals surface area contributed by atoms with E-state index in [4.69, 9.17) is 4.74 Å². The van der Waals surface area contributed by atoms with Crippen LogP contribution in [-0.4, -0.2) is 38.2 Å². The highest BCUT2D eigenvalue weighted by atomic mass is 32.2. The van der Waals surface area contributed by atoms with Gasteiger partial charge in [-0.2, -0.15) is 0 Å². The second-order valence-electron chi connectivity index (χ2n) is 7.41. The molecule has 2 heterocycles. The summed E-state index contributed by atoms with van der Waals surface area (Å²) in [4.78, 5) is 18.9. The summed E-state index contributed by atoms with van der Waals surface area (Å²) < 4.78 is 30.9. The van der Waals surface area contributed by atoms with Gasteiger partial charge >= 0.3 is 0 Å². The van der Waals surface area contributed by atoms with Crippen molar-refractivity contribution in [2.75, 3.05) is 23.8 Å². The lowest BCUT2D eigenvalue weighted by molar-refractivity contribution is -0.116. The van der Waals surface area contributed by atoms with Crippen molar-refractivity contribution in [1.29, 1.82) is 0 Å². The van der Waals surface area contributed by atoms with Gasteiger partial charge < -0.3 is 9.64 Å². The van der Waals surface area contributed by atoms with Gasteiger partial charge in [-0.15, -0.1) is 11.3 Å². The minimum atomic E-state index is -3.64. The lowest BCUT2D eigenvalue weighted by Crippen LogP contribution is -2.39. The summed E-state index contributed by atoms with van der Waals surface area (Å²) in [5.41, 5.74) is 3.26. The molecule has 0 fully saturated rings. The molecule has 2 aromatic carbocycles. The maximum absolute atomic E-state index is 12.8. The SMILES string of the molecule is CCOc1ccc(-c2nc(CS(=O)(=O)CC(=O)N3CCCc4ccccc43)cs2)cc1. The molecule has 0 radical (unpaired) electrons. The van der Waals surface area contributed by atoms with Crippen LogP contribution in [0.1, 0.15) is 24.6 Å². The molecule has 162 valence electrons. The maximum Gasteiger partial charge on any atom is 0.242 e. The van der Waals surface area contributed by atoms with Crippen molar-refractivity contribution in [1.82, 2.24) is 4.98 Å². The molecule has 6 nitrogen and oxygen atoms in total. The number of thiazole rings is 1. The molecule has 0 unspecified atom stereocenters. The normalized spacial score (nSPS) is 13.6. The number of rotatable bonds is 7. The van der Waals surface area contributed by atoms with Crippen molar-refractivity contribution >= 4 is 32.8 Å². The predicted octanol–water partition coefficient (Wildman–Crippen LogP) is 4.10. The van der Waals surface area contributed by atoms with E-state index in [1.54, 1.807) is 10.3 Å². The van der Waals surface area contributed by atoms with E-state index < -0.39 is 15.6 Å². The van der Waals surface area contributed by atoms with E-state index in [0.29, 0.717) is 18.8 Å². The number of hydrogen-bond acceptors (Lipinski definition) is 6. The largest absolute Gasteiger partial charge is 0.494 e. The monoisotopic (exact) mass is 456 g/mol. The summed E-state index contributed by atoms with van der Waals surface area (Å²) in [6, 6.07) is 15.2. The first-order chi connectivity index (χ1) is 14.9. The number of benzene rings is 2. The molecule has 0 spiro atoms. The van der Waals surface area contributed by atoms with Gasteiger partial charge in [-0.1, -0.05) is 18.2 Å². The lowest BCUT2D eigenvalue weighted by Gasteiger charge is -2.29. The first kappa shape index (κ1) is 21.5. The van der Waals surface area contributed by atoms with Gasteiger partial charge in [0.05, 0.1) is 18.1 Å². The number of carbonyl (C=O) groups excluding carboxylic acids is 1. The predicted molar refractivity (Wildman–Crippen MR) is 123 cm³/mol. The fourth-order valence-electron chi connectivity index (χ4n) is 3.70. The molecule has 1 aliphatic heterocycles. The van der Waals surface area contributed by atoms with E-state index in [-0.39, 0.29) is 11.7 Å². The van der Waals surface area contributed by atoms with E-state index in [9.17, 15) is 13.2 Å². The van der Waals surface area contributed by atoms with Crippen molar-refractivity contribution in [2.45, 2.75) is 25.5 Å². The van der Waals surface area contributed by atoms with E-state index in [1.807, 2.05) is 55.5 Å². The van der Waals surface area contributed by atoms with Crippen molar-refractivity contribution in [2.24, 2.45) is 0 Å². The lowest BCUT2D eigenvalue weighted by atomic mass is 10.0. The number of sulfone groups is 1. The van der Waals surface area contributed by atoms with E-state index in [0.717, 1.165) is 40.4 Å². The molecule has 0 saturated heterocycles. The Morgan fingerprint density at radius 1 is 1.16 bits per heavy atom. The van der Waals surface area contributed by atoms with Crippen molar-refractivity contribution in [3.8, 4) is 16.3 Å². The summed E-state index contributed by atoms with van der Waals surface area (Å²) in [7, 11) is -3.64. The molecule has 0 aliphatic carbocycles. The van der Waals surface area contributed by atoms with Crippen LogP contribution in [0.15, 0.2) is 53.9 Å². The third-order valence-electron chi connectivity index (χ3n) is 5.09. The number of hydrogen-bond donors (Lipinski definition) is 0. The van der Waals surface area contributed by atoms with E-state index in [2.05, 4.69) is 4.98 Å². The number of para-hydroxylation sites is 1. The minimum absolute atomic E-state index is 0.248. The van der Waals surface area contributed by atoms with Gasteiger partial charge in [-0.25, -0.2) is 13.4 Å². The first-order valence-corrected chi connectivity index (χ1v) is 12.9. The third kappa shape index (κ3) is 5.14. The van der Waals surface area contributed by atoms with Gasteiger partial charge in [0.25, 0.3) is 0 Å². The highest BCUT2D eigenvalue weighted by Gasteiger charge is 2.27. The van der Waals surface area contributed by atoms with Gasteiger partial charge in [0.2, 0.25) is 5.91 Å². The van der Waals surface area contributed by atoms with Crippen LogP contribution in [0.25, 0.3) is 10.6 Å². The summed E-state index contributed by atoms with van der Waals surface area (Å²) in [5, 5.41) is 2.48. The zero-order valence-corrected chi connectivity index (χ0v) is 18.9. The Morgan fingerprint density at radius 2 is 1.94 bits per heavy atom. The quantitative estimate of drug-likeness (QED) is 0.535. The summed E-state index contributed by atoms with van der Waals surface area (Å²) in [6.45, 7) is 3.07. The van der Waals surface area contributed by atoms with Gasteiger partial charge in [-0.3, -0.25) is 4.79 Å². The Labute approximate surface area is 186 Å². The fraction of sp³-hybridized carbons (Fsp3) is 0.304. The first-order valence-electron chi connectivity index (χ1n) is 10.2. The summed E-state index contributed by atoms with van der Waals surface area (Å²) in [6.07, 6.45) is 1.74. The molecule has 1 amide bonds. The van der Waals surface area contributed by atoms with Crippen molar-refractivity contribution in [3.05, 3.63) is 65.2 Å². The molecule has 3 aromatic rings. The van der Waals surface area contributed by atoms with Crippen LogP contribution in [0.2, 0.25) is 0 Å². The van der Waals surface area contributed by atoms with Crippen LogP contribution in [0.3, 0.4) is 0 Å². The van der Waals surface area contributed by atoms with Gasteiger partial charge in [0.15, 0.2) is 9.84 Å². The van der Waals surface area contributed by atoms with E-state index >= 15 is 0 Å². The summed E-state index contributed by atoms with van der Waals surface area (Å²) >= 11 is 1.39. The van der Waals surface area contributed by atoms with Crippen LogP contribution in [0.5, 0.6) is 5.75 Å². The Kier molecular flexibility index (Phi) is 6.38. The molecule has 8 heteroatoms. The molecule has 1 aliphatic rings. The molecule has 0 bridgehead atoms. The number of aryl methyl sites for hydroxylation is 1. The van der Waals surface area contributed by atoms with Crippen LogP contribution in [-0.2, 0) is 26.8 Å². The molecule has 0 saturated carbocycles. The van der Waals surface area contributed by atoms with Gasteiger partial charge in [0.1, 0.15) is 16.5 Å². The molecular formula is C23H24N2O4S2. The van der Waals surface area contributed by atoms with Crippen LogP contribution < -0.4 is 9.64 Å². The van der Waals surface area contributed by atoms with E-state index in [1.165, 1.54) is 11.3 Å². The number of ether oxygens (including phenoxy) is 1. The number of amides is 1. The van der Waals surface area contributed by atoms with Gasteiger partial charge in [0, 0.05) is 23.2 Å². The Bertz CT molecular complexity index is 1170. The summed E-state index contributed by atoms with van der Waals surface area (Å²) in [5.74, 6) is -0.364. The standard InChI is InChI=1S/C23H24N2O4S2/c1-2-29-20-11-9-18(10-12-20)23-24-19(14-30-23)15-31(27,28)16-22(26)25-13-5-7-17-6-3-4-8-21(17)25/h3-4,6,8-12,14H,2,5,7,13,15-16H2,1H3.